The van der Waals surface area contributed by atoms with Gasteiger partial charge >= 0.3 is 0 Å². The van der Waals surface area contributed by atoms with Gasteiger partial charge < -0.3 is 20.4 Å². The van der Waals surface area contributed by atoms with Crippen molar-refractivity contribution in [2.24, 2.45) is 11.8 Å². The summed E-state index contributed by atoms with van der Waals surface area (Å²) in [4.78, 5) is 13.9. The molecule has 0 amide bonds. The second-order valence-electron chi connectivity index (χ2n) is 12.2. The molecule has 0 aliphatic carbocycles. The van der Waals surface area contributed by atoms with Crippen LogP contribution in [0.1, 0.15) is 55.2 Å². The first-order valence-corrected chi connectivity index (χ1v) is 17.3. The number of hydrogen-bond acceptors (Lipinski definition) is 6. The van der Waals surface area contributed by atoms with E-state index in [1.807, 2.05) is 6.07 Å². The predicted octanol–water partition coefficient (Wildman–Crippen LogP) is 6.10. The second kappa shape index (κ2) is 12.9. The minimum atomic E-state index is -2.84. The molecule has 2 saturated heterocycles. The summed E-state index contributed by atoms with van der Waals surface area (Å²) in [5.41, 5.74) is 4.19. The molecule has 0 atom stereocenters. The van der Waals surface area contributed by atoms with Gasteiger partial charge in [-0.15, -0.1) is 0 Å². The van der Waals surface area contributed by atoms with Crippen molar-refractivity contribution in [3.63, 3.8) is 0 Å². The molecule has 2 N–H and O–H groups in total. The third-order valence-electron chi connectivity index (χ3n) is 9.49. The molecule has 5 aliphatic rings. The maximum atomic E-state index is 15.7. The summed E-state index contributed by atoms with van der Waals surface area (Å²) in [6.07, 6.45) is 9.26. The van der Waals surface area contributed by atoms with E-state index in [9.17, 15) is 0 Å². The molecule has 0 radical (unpaired) electrons. The zero-order valence-electron chi connectivity index (χ0n) is 24.6. The first kappa shape index (κ1) is 29.5. The van der Waals surface area contributed by atoms with Crippen LogP contribution in [0.3, 0.4) is 0 Å². The van der Waals surface area contributed by atoms with Gasteiger partial charge in [0.1, 0.15) is 18.0 Å². The number of aromatic nitrogens is 2. The Labute approximate surface area is 251 Å². The van der Waals surface area contributed by atoms with Crippen molar-refractivity contribution >= 4 is 34.1 Å². The highest BCUT2D eigenvalue weighted by molar-refractivity contribution is 8.14. The highest BCUT2D eigenvalue weighted by atomic mass is 32.2. The summed E-state index contributed by atoms with van der Waals surface area (Å²) in [6, 6.07) is 6.94. The molecule has 42 heavy (non-hydrogen) atoms. The van der Waals surface area contributed by atoms with Gasteiger partial charge in [-0.3, -0.25) is 0 Å². The number of allylic oxidation sites excluding steroid dienone is 1. The van der Waals surface area contributed by atoms with E-state index >= 15 is 8.78 Å². The van der Waals surface area contributed by atoms with E-state index < -0.39 is 11.8 Å². The van der Waals surface area contributed by atoms with Gasteiger partial charge in [0.25, 0.3) is 5.92 Å². The van der Waals surface area contributed by atoms with E-state index in [1.165, 1.54) is 5.57 Å². The molecule has 2 aromatic rings. The summed E-state index contributed by atoms with van der Waals surface area (Å²) in [6.45, 7) is 9.98. The van der Waals surface area contributed by atoms with E-state index in [4.69, 9.17) is 4.98 Å². The molecule has 9 heteroatoms. The molecule has 1 aromatic heterocycles. The van der Waals surface area contributed by atoms with Crippen LogP contribution in [0.5, 0.6) is 0 Å². The first-order valence-electron chi connectivity index (χ1n) is 15.5. The van der Waals surface area contributed by atoms with Crippen molar-refractivity contribution < 1.29 is 8.78 Å². The summed E-state index contributed by atoms with van der Waals surface area (Å²) in [7, 11) is 0.251. The number of fused-ring (bicyclic) bond motifs is 9. The average molecular weight is 595 g/mol. The van der Waals surface area contributed by atoms with Crippen molar-refractivity contribution in [1.29, 1.82) is 0 Å². The molecule has 0 spiro atoms. The number of alkyl halides is 2. The lowest BCUT2D eigenvalue weighted by molar-refractivity contribution is -0.0855. The van der Waals surface area contributed by atoms with Crippen LogP contribution in [-0.4, -0.2) is 71.5 Å². The van der Waals surface area contributed by atoms with Crippen LogP contribution in [0.2, 0.25) is 0 Å². The monoisotopic (exact) mass is 594 g/mol. The smallest absolute Gasteiger partial charge is 0.276 e. The van der Waals surface area contributed by atoms with Crippen LogP contribution >= 0.6 is 10.5 Å². The van der Waals surface area contributed by atoms with Gasteiger partial charge in [-0.25, -0.2) is 18.7 Å². The molecule has 226 valence electrons. The third-order valence-corrected chi connectivity index (χ3v) is 11.1. The molecule has 5 aliphatic heterocycles. The average Bonchev–Trinajstić information content (AvgIpc) is 3.00. The second-order valence-corrected chi connectivity index (χ2v) is 14.2. The van der Waals surface area contributed by atoms with E-state index in [-0.39, 0.29) is 16.0 Å². The van der Waals surface area contributed by atoms with Crippen LogP contribution in [-0.2, 0) is 12.5 Å². The van der Waals surface area contributed by atoms with Crippen molar-refractivity contribution in [3.8, 4) is 0 Å². The predicted molar refractivity (Wildman–Crippen MR) is 173 cm³/mol. The number of hydrogen-bond donors (Lipinski definition) is 2. The van der Waals surface area contributed by atoms with Gasteiger partial charge in [-0.2, -0.15) is 10.5 Å². The van der Waals surface area contributed by atoms with Crippen LogP contribution < -0.4 is 15.5 Å². The van der Waals surface area contributed by atoms with Gasteiger partial charge in [-0.05, 0) is 105 Å². The molecular formula is C33H44F2N6S. The van der Waals surface area contributed by atoms with Gasteiger partial charge in [0.2, 0.25) is 0 Å². The number of nitrogens with one attached hydrogen (secondary N) is 2. The van der Waals surface area contributed by atoms with Crippen LogP contribution in [0.15, 0.2) is 48.4 Å². The van der Waals surface area contributed by atoms with E-state index in [0.717, 1.165) is 105 Å². The Morgan fingerprint density at radius 2 is 1.79 bits per heavy atom. The SMILES string of the molecule is C=C1C(C2CCS(=C)CC2)=Cc2c3ncnc2N1CCNCCCCN1CCC(CC1)C(F)(F)c1cccc(c1)CN3. The van der Waals surface area contributed by atoms with Crippen molar-refractivity contribution in [3.05, 3.63) is 65.1 Å². The van der Waals surface area contributed by atoms with Gasteiger partial charge in [0.15, 0.2) is 0 Å². The Bertz CT molecular complexity index is 1330. The number of piperidine rings is 1. The fourth-order valence-corrected chi connectivity index (χ4v) is 8.34. The lowest BCUT2D eigenvalue weighted by Gasteiger charge is -2.37. The normalized spacial score (nSPS) is 28.8. The van der Waals surface area contributed by atoms with Crippen LogP contribution in [0.25, 0.3) is 6.08 Å². The van der Waals surface area contributed by atoms with Crippen molar-refractivity contribution in [2.75, 3.05) is 61.0 Å². The van der Waals surface area contributed by atoms with Gasteiger partial charge in [-0.1, -0.05) is 30.6 Å². The highest BCUT2D eigenvalue weighted by Gasteiger charge is 2.42. The standard InChI is InChI=1S/C33H44F2N6S/c1-24-29(26-10-18-42(2)19-11-26)21-30-31-37-22-25-6-5-7-28(20-25)33(34,35)27-8-15-40(16-9-27)14-4-3-12-36-13-17-41(24)32(30)39-23-38-31/h5-7,20-21,23,26-27,36H,1-4,8-19,22H2,(H,37,38,39). The zero-order valence-corrected chi connectivity index (χ0v) is 25.4. The fourth-order valence-electron chi connectivity index (χ4n) is 6.90. The number of benzene rings is 1. The molecule has 0 saturated carbocycles. The zero-order chi connectivity index (χ0) is 29.1. The Morgan fingerprint density at radius 3 is 2.60 bits per heavy atom. The van der Waals surface area contributed by atoms with Crippen molar-refractivity contribution in [1.82, 2.24) is 20.2 Å². The lowest BCUT2D eigenvalue weighted by atomic mass is 9.86. The number of halogens is 2. The molecule has 7 rings (SSSR count). The van der Waals surface area contributed by atoms with E-state index in [0.29, 0.717) is 25.3 Å². The minimum Gasteiger partial charge on any atom is -0.365 e. The molecule has 6 heterocycles. The quantitative estimate of drug-likeness (QED) is 0.389. The Balaban J connectivity index is 1.31. The lowest BCUT2D eigenvalue weighted by Crippen LogP contribution is -2.40. The molecule has 1 aromatic carbocycles. The summed E-state index contributed by atoms with van der Waals surface area (Å²) < 4.78 is 31.5. The van der Waals surface area contributed by atoms with E-state index in [1.54, 1.807) is 24.5 Å². The molecule has 6 nitrogen and oxygen atoms in total. The molecule has 0 unspecified atom stereocenters. The maximum Gasteiger partial charge on any atom is 0.276 e. The van der Waals surface area contributed by atoms with Gasteiger partial charge in [0.05, 0.1) is 5.56 Å². The van der Waals surface area contributed by atoms with Crippen LogP contribution in [0.4, 0.5) is 20.4 Å². The highest BCUT2D eigenvalue weighted by Crippen LogP contribution is 2.44. The van der Waals surface area contributed by atoms with Crippen molar-refractivity contribution in [2.45, 2.75) is 51.0 Å². The first-order chi connectivity index (χ1) is 20.4. The molecular weight excluding hydrogens is 550 g/mol. The third kappa shape index (κ3) is 6.33. The Kier molecular flexibility index (Phi) is 9.07. The summed E-state index contributed by atoms with van der Waals surface area (Å²) >= 11 is 0. The Morgan fingerprint density at radius 1 is 0.976 bits per heavy atom. The summed E-state index contributed by atoms with van der Waals surface area (Å²) in [5, 5.41) is 7.10. The number of nitrogens with zero attached hydrogens (tertiary/aromatic N) is 4. The minimum absolute atomic E-state index is 0.119. The Hall–Kier alpha value is -2.62. The maximum absolute atomic E-state index is 15.7. The van der Waals surface area contributed by atoms with E-state index in [2.05, 4.69) is 43.9 Å². The summed E-state index contributed by atoms with van der Waals surface area (Å²) in [5.74, 6) is 5.18. The number of rotatable bonds is 1. The number of anilines is 2. The van der Waals surface area contributed by atoms with Crippen LogP contribution in [0, 0.1) is 11.8 Å². The fraction of sp³-hybridized carbons (Fsp3) is 0.545. The van der Waals surface area contributed by atoms with Gasteiger partial charge in [0, 0.05) is 36.8 Å². The largest absolute Gasteiger partial charge is 0.365 e. The molecule has 8 bridgehead atoms. The topological polar surface area (TPSA) is 56.3 Å². The molecule has 2 fully saturated rings.